The van der Waals surface area contributed by atoms with Crippen molar-refractivity contribution >= 4 is 17.5 Å². The number of carbonyl (C=O) groups excluding carboxylic acids is 2. The van der Waals surface area contributed by atoms with E-state index in [1.165, 1.54) is 6.20 Å². The van der Waals surface area contributed by atoms with E-state index in [1.54, 1.807) is 42.6 Å². The lowest BCUT2D eigenvalue weighted by atomic mass is 10.1. The molecule has 1 aromatic heterocycles. The summed E-state index contributed by atoms with van der Waals surface area (Å²) >= 11 is 0. The molecule has 0 aliphatic rings. The van der Waals surface area contributed by atoms with Crippen molar-refractivity contribution in [2.75, 3.05) is 18.5 Å². The molecule has 0 aliphatic carbocycles. The molecule has 0 fully saturated rings. The van der Waals surface area contributed by atoms with E-state index < -0.39 is 0 Å². The number of carbonyl (C=O) groups is 2. The normalized spacial score (nSPS) is 10.5. The molecule has 0 bridgehead atoms. The highest BCUT2D eigenvalue weighted by molar-refractivity contribution is 6.04. The van der Waals surface area contributed by atoms with Crippen LogP contribution < -0.4 is 15.4 Å². The number of ether oxygens (including phenoxy) is 1. The van der Waals surface area contributed by atoms with E-state index in [1.807, 2.05) is 24.3 Å². The smallest absolute Gasteiger partial charge is 0.257 e. The number of aromatic nitrogens is 1. The van der Waals surface area contributed by atoms with E-state index in [2.05, 4.69) is 29.5 Å². The standard InChI is InChI=1S/C25H27N3O3/c1-18(2)17-31-23-10-8-19(9-11-23)12-14-27-24(29)20-5-3-7-22(15-20)28-25(30)21-6-4-13-26-16-21/h3-11,13,15-16,18H,12,14,17H2,1-2H3,(H,27,29)(H,28,30). The quantitative estimate of drug-likeness (QED) is 0.543. The molecule has 3 aromatic rings. The summed E-state index contributed by atoms with van der Waals surface area (Å²) in [6.07, 6.45) is 3.82. The highest BCUT2D eigenvalue weighted by atomic mass is 16.5. The first-order valence-corrected chi connectivity index (χ1v) is 10.3. The first kappa shape index (κ1) is 22.0. The molecule has 160 valence electrons. The van der Waals surface area contributed by atoms with Crippen LogP contribution in [-0.4, -0.2) is 29.9 Å². The number of pyridine rings is 1. The Morgan fingerprint density at radius 2 is 1.74 bits per heavy atom. The van der Waals surface area contributed by atoms with Crippen molar-refractivity contribution in [3.8, 4) is 5.75 Å². The van der Waals surface area contributed by atoms with Crippen molar-refractivity contribution in [2.24, 2.45) is 5.92 Å². The summed E-state index contributed by atoms with van der Waals surface area (Å²) in [5.41, 5.74) is 2.62. The van der Waals surface area contributed by atoms with Crippen molar-refractivity contribution in [1.82, 2.24) is 10.3 Å². The van der Waals surface area contributed by atoms with Gasteiger partial charge in [0, 0.05) is 30.2 Å². The number of hydrogen-bond acceptors (Lipinski definition) is 4. The molecular formula is C25H27N3O3. The van der Waals surface area contributed by atoms with Gasteiger partial charge in [0.1, 0.15) is 5.75 Å². The second-order valence-electron chi connectivity index (χ2n) is 7.63. The fourth-order valence-corrected chi connectivity index (χ4v) is 2.88. The zero-order valence-electron chi connectivity index (χ0n) is 17.8. The van der Waals surface area contributed by atoms with Gasteiger partial charge in [0.05, 0.1) is 12.2 Å². The number of hydrogen-bond donors (Lipinski definition) is 2. The van der Waals surface area contributed by atoms with E-state index in [9.17, 15) is 9.59 Å². The Labute approximate surface area is 182 Å². The molecule has 0 spiro atoms. The van der Waals surface area contributed by atoms with Gasteiger partial charge in [-0.05, 0) is 60.4 Å². The van der Waals surface area contributed by atoms with E-state index in [-0.39, 0.29) is 11.8 Å². The second-order valence-corrected chi connectivity index (χ2v) is 7.63. The Morgan fingerprint density at radius 1 is 0.968 bits per heavy atom. The summed E-state index contributed by atoms with van der Waals surface area (Å²) in [4.78, 5) is 28.7. The van der Waals surface area contributed by atoms with Crippen LogP contribution in [0.3, 0.4) is 0 Å². The van der Waals surface area contributed by atoms with Crippen LogP contribution in [0.1, 0.15) is 40.1 Å². The third-order valence-corrected chi connectivity index (χ3v) is 4.51. The van der Waals surface area contributed by atoms with E-state index in [4.69, 9.17) is 4.74 Å². The first-order chi connectivity index (χ1) is 15.0. The maximum atomic E-state index is 12.5. The van der Waals surface area contributed by atoms with Crippen molar-refractivity contribution in [1.29, 1.82) is 0 Å². The summed E-state index contributed by atoms with van der Waals surface area (Å²) < 4.78 is 5.69. The minimum Gasteiger partial charge on any atom is -0.493 e. The van der Waals surface area contributed by atoms with E-state index in [0.717, 1.165) is 11.3 Å². The summed E-state index contributed by atoms with van der Waals surface area (Å²) in [5, 5.41) is 5.71. The molecule has 31 heavy (non-hydrogen) atoms. The topological polar surface area (TPSA) is 80.3 Å². The molecule has 2 amide bonds. The average Bonchev–Trinajstić information content (AvgIpc) is 2.79. The molecular weight excluding hydrogens is 390 g/mol. The van der Waals surface area contributed by atoms with Crippen LogP contribution in [0.25, 0.3) is 0 Å². The predicted molar refractivity (Wildman–Crippen MR) is 121 cm³/mol. The SMILES string of the molecule is CC(C)COc1ccc(CCNC(=O)c2cccc(NC(=O)c3cccnc3)c2)cc1. The van der Waals surface area contributed by atoms with Crippen molar-refractivity contribution in [3.05, 3.63) is 89.7 Å². The summed E-state index contributed by atoms with van der Waals surface area (Å²) in [7, 11) is 0. The molecule has 6 heteroatoms. The Morgan fingerprint density at radius 3 is 2.45 bits per heavy atom. The van der Waals surface area contributed by atoms with Crippen molar-refractivity contribution in [3.63, 3.8) is 0 Å². The molecule has 6 nitrogen and oxygen atoms in total. The summed E-state index contributed by atoms with van der Waals surface area (Å²) in [6, 6.07) is 18.2. The molecule has 3 rings (SSSR count). The Bertz CT molecular complexity index is 1000. The summed E-state index contributed by atoms with van der Waals surface area (Å²) in [6.45, 7) is 5.43. The van der Waals surface area contributed by atoms with Crippen LogP contribution >= 0.6 is 0 Å². The number of amides is 2. The fourth-order valence-electron chi connectivity index (χ4n) is 2.88. The minimum atomic E-state index is -0.272. The zero-order valence-corrected chi connectivity index (χ0v) is 17.8. The third kappa shape index (κ3) is 6.96. The highest BCUT2D eigenvalue weighted by Gasteiger charge is 2.09. The number of nitrogens with zero attached hydrogens (tertiary/aromatic N) is 1. The van der Waals surface area contributed by atoms with Crippen LogP contribution in [0, 0.1) is 5.92 Å². The van der Waals surface area contributed by atoms with Gasteiger partial charge < -0.3 is 15.4 Å². The number of nitrogens with one attached hydrogen (secondary N) is 2. The Balaban J connectivity index is 1.49. The molecule has 0 unspecified atom stereocenters. The van der Waals surface area contributed by atoms with Gasteiger partial charge in [0.2, 0.25) is 0 Å². The number of rotatable bonds is 9. The molecule has 0 radical (unpaired) electrons. The monoisotopic (exact) mass is 417 g/mol. The lowest BCUT2D eigenvalue weighted by molar-refractivity contribution is 0.0952. The van der Waals surface area contributed by atoms with Gasteiger partial charge in [0.25, 0.3) is 11.8 Å². The molecule has 1 heterocycles. The van der Waals surface area contributed by atoms with Gasteiger partial charge in [-0.2, -0.15) is 0 Å². The molecule has 2 aromatic carbocycles. The van der Waals surface area contributed by atoms with Crippen LogP contribution in [0.5, 0.6) is 5.75 Å². The molecule has 0 atom stereocenters. The highest BCUT2D eigenvalue weighted by Crippen LogP contribution is 2.14. The van der Waals surface area contributed by atoms with Crippen molar-refractivity contribution in [2.45, 2.75) is 20.3 Å². The number of benzene rings is 2. The van der Waals surface area contributed by atoms with Gasteiger partial charge in [-0.3, -0.25) is 14.6 Å². The van der Waals surface area contributed by atoms with Gasteiger partial charge in [-0.25, -0.2) is 0 Å². The Hall–Kier alpha value is -3.67. The van der Waals surface area contributed by atoms with Crippen molar-refractivity contribution < 1.29 is 14.3 Å². The zero-order chi connectivity index (χ0) is 22.1. The maximum absolute atomic E-state index is 12.5. The van der Waals surface area contributed by atoms with Crippen LogP contribution in [0.4, 0.5) is 5.69 Å². The fraction of sp³-hybridized carbons (Fsp3) is 0.240. The second kappa shape index (κ2) is 10.9. The van der Waals surface area contributed by atoms with Gasteiger partial charge in [0.15, 0.2) is 0 Å². The van der Waals surface area contributed by atoms with E-state index in [0.29, 0.717) is 42.3 Å². The lowest BCUT2D eigenvalue weighted by Gasteiger charge is -2.10. The van der Waals surface area contributed by atoms with Gasteiger partial charge >= 0.3 is 0 Å². The molecule has 0 aliphatic heterocycles. The molecule has 0 saturated heterocycles. The third-order valence-electron chi connectivity index (χ3n) is 4.51. The molecule has 0 saturated carbocycles. The summed E-state index contributed by atoms with van der Waals surface area (Å²) in [5.74, 6) is 0.879. The lowest BCUT2D eigenvalue weighted by Crippen LogP contribution is -2.25. The van der Waals surface area contributed by atoms with Crippen LogP contribution in [0.15, 0.2) is 73.1 Å². The van der Waals surface area contributed by atoms with Gasteiger partial charge in [-0.15, -0.1) is 0 Å². The molecule has 2 N–H and O–H groups in total. The average molecular weight is 418 g/mol. The maximum Gasteiger partial charge on any atom is 0.257 e. The predicted octanol–water partition coefficient (Wildman–Crippen LogP) is 4.34. The minimum absolute atomic E-state index is 0.186. The van der Waals surface area contributed by atoms with Crippen LogP contribution in [0.2, 0.25) is 0 Å². The van der Waals surface area contributed by atoms with Gasteiger partial charge in [-0.1, -0.05) is 32.0 Å². The largest absolute Gasteiger partial charge is 0.493 e. The number of anilines is 1. The van der Waals surface area contributed by atoms with Crippen LogP contribution in [-0.2, 0) is 6.42 Å². The Kier molecular flexibility index (Phi) is 7.76. The van der Waals surface area contributed by atoms with E-state index >= 15 is 0 Å². The first-order valence-electron chi connectivity index (χ1n) is 10.3.